The van der Waals surface area contributed by atoms with Crippen molar-refractivity contribution in [3.8, 4) is 10.8 Å². The van der Waals surface area contributed by atoms with Crippen molar-refractivity contribution in [1.82, 2.24) is 24.8 Å². The van der Waals surface area contributed by atoms with Crippen molar-refractivity contribution in [2.75, 3.05) is 39.2 Å². The van der Waals surface area contributed by atoms with Crippen molar-refractivity contribution in [2.45, 2.75) is 38.3 Å². The topological polar surface area (TPSA) is 128 Å². The number of hydrogen-bond donors (Lipinski definition) is 1. The number of halogens is 1. The largest absolute Gasteiger partial charge is 0.496 e. The Morgan fingerprint density at radius 3 is 2.73 bits per heavy atom. The van der Waals surface area contributed by atoms with Crippen LogP contribution in [0.1, 0.15) is 40.4 Å². The highest BCUT2D eigenvalue weighted by Crippen LogP contribution is 2.41. The van der Waals surface area contributed by atoms with E-state index in [1.807, 2.05) is 6.92 Å². The fourth-order valence-corrected chi connectivity index (χ4v) is 6.03. The van der Waals surface area contributed by atoms with Crippen LogP contribution in [0.4, 0.5) is 9.39 Å². The van der Waals surface area contributed by atoms with Gasteiger partial charge in [-0.25, -0.2) is 4.39 Å². The fourth-order valence-electron chi connectivity index (χ4n) is 4.90. The summed E-state index contributed by atoms with van der Waals surface area (Å²) in [6.07, 6.45) is 2.51. The molecule has 1 unspecified atom stereocenters. The molecule has 3 aromatic rings. The van der Waals surface area contributed by atoms with Crippen LogP contribution in [0.2, 0.25) is 0 Å². The van der Waals surface area contributed by atoms with E-state index in [1.54, 1.807) is 24.3 Å². The van der Waals surface area contributed by atoms with Gasteiger partial charge in [-0.1, -0.05) is 11.3 Å². The molecule has 212 valence electrons. The molecule has 1 aromatic carbocycles. The number of benzene rings is 1. The maximum atomic E-state index is 14.2. The number of likely N-dealkylation sites (tertiary alicyclic amines) is 1. The van der Waals surface area contributed by atoms with Gasteiger partial charge in [0.2, 0.25) is 12.3 Å². The van der Waals surface area contributed by atoms with E-state index in [0.717, 1.165) is 6.29 Å². The second-order valence-corrected chi connectivity index (χ2v) is 10.4. The third-order valence-corrected chi connectivity index (χ3v) is 8.10. The molecule has 0 saturated carbocycles. The van der Waals surface area contributed by atoms with Crippen LogP contribution in [-0.4, -0.2) is 89.2 Å². The second kappa shape index (κ2) is 11.7. The molecule has 2 amide bonds. The Labute approximate surface area is 233 Å². The lowest BCUT2D eigenvalue weighted by Crippen LogP contribution is -2.57. The van der Waals surface area contributed by atoms with Gasteiger partial charge in [-0.2, -0.15) is 10.2 Å². The highest BCUT2D eigenvalue weighted by Gasteiger charge is 2.46. The molecule has 3 atom stereocenters. The van der Waals surface area contributed by atoms with E-state index in [-0.39, 0.29) is 31.4 Å². The van der Waals surface area contributed by atoms with Crippen molar-refractivity contribution < 1.29 is 33.0 Å². The molecular weight excluding hydrogens is 543 g/mol. The number of aromatic nitrogens is 3. The molecule has 1 saturated heterocycles. The number of carbonyl (C=O) groups is 3. The van der Waals surface area contributed by atoms with Crippen LogP contribution in [0, 0.1) is 12.7 Å². The molecule has 0 radical (unpaired) electrons. The van der Waals surface area contributed by atoms with Crippen LogP contribution in [0.15, 0.2) is 30.6 Å². The molecule has 0 aliphatic carbocycles. The summed E-state index contributed by atoms with van der Waals surface area (Å²) in [4.78, 5) is 42.4. The number of amides is 2. The lowest BCUT2D eigenvalue weighted by molar-refractivity contribution is -0.136. The van der Waals surface area contributed by atoms with Gasteiger partial charge >= 0.3 is 0 Å². The van der Waals surface area contributed by atoms with Crippen molar-refractivity contribution in [3.05, 3.63) is 53.1 Å². The number of methoxy groups -OCH3 is 1. The van der Waals surface area contributed by atoms with E-state index in [0.29, 0.717) is 45.4 Å². The molecule has 2 aromatic heterocycles. The Morgan fingerprint density at radius 1 is 1.27 bits per heavy atom. The number of likely N-dealkylation sites (N-methyl/N-ethyl adjacent to an activating group) is 1. The monoisotopic (exact) mass is 572 g/mol. The standard InChI is InChI=1S/C26H29FN6O6S/c1-15-21-22(40-25(15)33-28-8-9-29-33)30-26(32(24(21)36)18-7-10-31(2)23(18)35)39-14-20(38-12-4-11-34)17-13-16(27)5-6-19(17)37-3/h5-6,8-9,11,13,18,20,26,30H,4,7,10,12,14H2,1-3H3/t18-,20-,26?/m0/s1. The van der Waals surface area contributed by atoms with Crippen LogP contribution in [-0.2, 0) is 19.1 Å². The summed E-state index contributed by atoms with van der Waals surface area (Å²) in [6.45, 7) is 2.24. The summed E-state index contributed by atoms with van der Waals surface area (Å²) in [6, 6.07) is 3.29. The molecule has 2 aliphatic rings. The van der Waals surface area contributed by atoms with Crippen LogP contribution >= 0.6 is 11.3 Å². The minimum absolute atomic E-state index is 0.0678. The molecule has 5 rings (SSSR count). The molecule has 12 nitrogen and oxygen atoms in total. The number of thiophene rings is 1. The van der Waals surface area contributed by atoms with Crippen molar-refractivity contribution in [2.24, 2.45) is 0 Å². The number of fused-ring (bicyclic) bond motifs is 1. The smallest absolute Gasteiger partial charge is 0.261 e. The Morgan fingerprint density at radius 2 is 2.05 bits per heavy atom. The van der Waals surface area contributed by atoms with Gasteiger partial charge in [0.15, 0.2) is 0 Å². The number of rotatable bonds is 11. The highest BCUT2D eigenvalue weighted by atomic mass is 32.1. The molecule has 2 aliphatic heterocycles. The van der Waals surface area contributed by atoms with E-state index in [2.05, 4.69) is 15.5 Å². The van der Waals surface area contributed by atoms with Crippen molar-refractivity contribution in [1.29, 1.82) is 0 Å². The first-order chi connectivity index (χ1) is 19.3. The average molecular weight is 573 g/mol. The summed E-state index contributed by atoms with van der Waals surface area (Å²) >= 11 is 1.29. The Balaban J connectivity index is 1.48. The molecule has 0 spiro atoms. The van der Waals surface area contributed by atoms with Crippen molar-refractivity contribution >= 4 is 34.4 Å². The number of hydrogen-bond acceptors (Lipinski definition) is 10. The van der Waals surface area contributed by atoms with Gasteiger partial charge in [0.25, 0.3) is 5.91 Å². The number of aldehydes is 1. The molecule has 1 N–H and O–H groups in total. The van der Waals surface area contributed by atoms with Gasteiger partial charge in [0, 0.05) is 31.1 Å². The third-order valence-electron chi connectivity index (χ3n) is 6.91. The lowest BCUT2D eigenvalue weighted by Gasteiger charge is -2.39. The average Bonchev–Trinajstić information content (AvgIpc) is 3.67. The zero-order valence-corrected chi connectivity index (χ0v) is 23.0. The summed E-state index contributed by atoms with van der Waals surface area (Å²) < 4.78 is 31.8. The number of nitrogens with one attached hydrogen (secondary N) is 1. The minimum atomic E-state index is -1.03. The maximum Gasteiger partial charge on any atom is 0.261 e. The molecule has 0 bridgehead atoms. The van der Waals surface area contributed by atoms with E-state index in [9.17, 15) is 18.8 Å². The Hall–Kier alpha value is -3.88. The Kier molecular flexibility index (Phi) is 8.09. The normalized spacial score (nSPS) is 19.5. The molecule has 14 heteroatoms. The quantitative estimate of drug-likeness (QED) is 0.272. The first-order valence-electron chi connectivity index (χ1n) is 12.7. The van der Waals surface area contributed by atoms with Crippen LogP contribution in [0.3, 0.4) is 0 Å². The van der Waals surface area contributed by atoms with E-state index < -0.39 is 24.3 Å². The Bertz CT molecular complexity index is 1400. The predicted molar refractivity (Wildman–Crippen MR) is 142 cm³/mol. The van der Waals surface area contributed by atoms with E-state index in [4.69, 9.17) is 14.2 Å². The zero-order chi connectivity index (χ0) is 28.4. The van der Waals surface area contributed by atoms with Gasteiger partial charge in [0.05, 0.1) is 38.3 Å². The van der Waals surface area contributed by atoms with Crippen LogP contribution in [0.5, 0.6) is 5.75 Å². The predicted octanol–water partition coefficient (Wildman–Crippen LogP) is 2.53. The second-order valence-electron chi connectivity index (χ2n) is 9.36. The van der Waals surface area contributed by atoms with Crippen LogP contribution < -0.4 is 10.1 Å². The lowest BCUT2D eigenvalue weighted by atomic mass is 10.1. The summed E-state index contributed by atoms with van der Waals surface area (Å²) in [5.74, 6) is -0.669. The first kappa shape index (κ1) is 27.7. The van der Waals surface area contributed by atoms with Crippen molar-refractivity contribution in [3.63, 3.8) is 0 Å². The fraction of sp³-hybridized carbons (Fsp3) is 0.423. The van der Waals surface area contributed by atoms with E-state index in [1.165, 1.54) is 46.3 Å². The number of anilines is 1. The summed E-state index contributed by atoms with van der Waals surface area (Å²) in [5, 5.41) is 12.9. The van der Waals surface area contributed by atoms with Gasteiger partial charge in [-0.3, -0.25) is 14.5 Å². The first-order valence-corrected chi connectivity index (χ1v) is 13.5. The SMILES string of the molecule is COc1ccc(F)cc1[C@H](COC1Nc2sc(-n3nccn3)c(C)c2C(=O)N1[C@H]1CCN(C)C1=O)OCCC=O. The van der Waals surface area contributed by atoms with E-state index >= 15 is 0 Å². The molecular formula is C26H29FN6O6S. The zero-order valence-electron chi connectivity index (χ0n) is 22.2. The number of ether oxygens (including phenoxy) is 3. The number of carbonyl (C=O) groups excluding carboxylic acids is 3. The summed E-state index contributed by atoms with van der Waals surface area (Å²) in [5.41, 5.74) is 1.49. The van der Waals surface area contributed by atoms with Gasteiger partial charge in [-0.05, 0) is 31.5 Å². The molecule has 1 fully saturated rings. The van der Waals surface area contributed by atoms with Gasteiger partial charge in [0.1, 0.15) is 40.0 Å². The number of nitrogens with zero attached hydrogens (tertiary/aromatic N) is 5. The van der Waals surface area contributed by atoms with Crippen LogP contribution in [0.25, 0.3) is 5.00 Å². The van der Waals surface area contributed by atoms with Gasteiger partial charge < -0.3 is 29.2 Å². The minimum Gasteiger partial charge on any atom is -0.496 e. The summed E-state index contributed by atoms with van der Waals surface area (Å²) in [7, 11) is 3.15. The van der Waals surface area contributed by atoms with Gasteiger partial charge in [-0.15, -0.1) is 4.80 Å². The molecule has 4 heterocycles. The third kappa shape index (κ3) is 5.17. The molecule has 40 heavy (non-hydrogen) atoms. The highest BCUT2D eigenvalue weighted by molar-refractivity contribution is 7.19. The maximum absolute atomic E-state index is 14.2.